The number of hydrogen-bond donors (Lipinski definition) is 1. The van der Waals surface area contributed by atoms with Gasteiger partial charge in [0.15, 0.2) is 0 Å². The minimum Gasteiger partial charge on any atom is -0.497 e. The van der Waals surface area contributed by atoms with Crippen molar-refractivity contribution in [2.45, 2.75) is 18.6 Å². The Balaban J connectivity index is 1.99. The topological polar surface area (TPSA) is 47.9 Å². The van der Waals surface area contributed by atoms with Crippen LogP contribution < -0.4 is 14.2 Å². The number of rotatable bonds is 3. The molecule has 2 aromatic carbocycles. The van der Waals surface area contributed by atoms with Crippen LogP contribution in [0.5, 0.6) is 17.2 Å². The molecule has 2 aromatic rings. The Morgan fingerprint density at radius 1 is 1.05 bits per heavy atom. The van der Waals surface area contributed by atoms with Gasteiger partial charge < -0.3 is 19.3 Å². The zero-order chi connectivity index (χ0) is 14.8. The molecule has 21 heavy (non-hydrogen) atoms. The van der Waals surface area contributed by atoms with Gasteiger partial charge in [-0.15, -0.1) is 0 Å². The SMILES string of the molecule is COc1ccc(OC)c(C2C[C@@H](O)c3ccccc3O2)c1. The molecule has 1 aliphatic rings. The minimum atomic E-state index is -0.546. The first-order valence-corrected chi connectivity index (χ1v) is 6.88. The lowest BCUT2D eigenvalue weighted by Gasteiger charge is -2.30. The van der Waals surface area contributed by atoms with E-state index in [0.29, 0.717) is 12.2 Å². The van der Waals surface area contributed by atoms with Crippen LogP contribution >= 0.6 is 0 Å². The molecule has 2 atom stereocenters. The van der Waals surface area contributed by atoms with Crippen LogP contribution in [0, 0.1) is 0 Å². The zero-order valence-corrected chi connectivity index (χ0v) is 12.1. The van der Waals surface area contributed by atoms with Gasteiger partial charge in [0.05, 0.1) is 20.3 Å². The fraction of sp³-hybridized carbons (Fsp3) is 0.294. The number of aliphatic hydroxyl groups excluding tert-OH is 1. The monoisotopic (exact) mass is 286 g/mol. The van der Waals surface area contributed by atoms with Gasteiger partial charge >= 0.3 is 0 Å². The van der Waals surface area contributed by atoms with Crippen molar-refractivity contribution in [3.05, 3.63) is 53.6 Å². The molecule has 0 saturated heterocycles. The Morgan fingerprint density at radius 3 is 2.62 bits per heavy atom. The molecule has 0 bridgehead atoms. The van der Waals surface area contributed by atoms with Gasteiger partial charge in [0.25, 0.3) is 0 Å². The summed E-state index contributed by atoms with van der Waals surface area (Å²) in [5.74, 6) is 2.18. The van der Waals surface area contributed by atoms with E-state index in [9.17, 15) is 5.11 Å². The van der Waals surface area contributed by atoms with Crippen LogP contribution in [-0.2, 0) is 0 Å². The molecule has 0 radical (unpaired) electrons. The van der Waals surface area contributed by atoms with Crippen LogP contribution in [0.4, 0.5) is 0 Å². The molecule has 0 saturated carbocycles. The number of para-hydroxylation sites is 1. The van der Waals surface area contributed by atoms with Gasteiger partial charge in [-0.1, -0.05) is 18.2 Å². The highest BCUT2D eigenvalue weighted by Gasteiger charge is 2.29. The smallest absolute Gasteiger partial charge is 0.130 e. The molecule has 1 unspecified atom stereocenters. The molecule has 1 heterocycles. The summed E-state index contributed by atoms with van der Waals surface area (Å²) in [7, 11) is 3.25. The van der Waals surface area contributed by atoms with Crippen LogP contribution in [0.3, 0.4) is 0 Å². The van der Waals surface area contributed by atoms with Gasteiger partial charge in [-0.3, -0.25) is 0 Å². The lowest BCUT2D eigenvalue weighted by molar-refractivity contribution is 0.0644. The summed E-state index contributed by atoms with van der Waals surface area (Å²) in [4.78, 5) is 0. The van der Waals surface area contributed by atoms with E-state index in [0.717, 1.165) is 22.6 Å². The predicted molar refractivity (Wildman–Crippen MR) is 78.9 cm³/mol. The Hall–Kier alpha value is -2.20. The fourth-order valence-corrected chi connectivity index (χ4v) is 2.68. The third kappa shape index (κ3) is 2.54. The Morgan fingerprint density at radius 2 is 1.86 bits per heavy atom. The number of fused-ring (bicyclic) bond motifs is 1. The molecule has 1 N–H and O–H groups in total. The summed E-state index contributed by atoms with van der Waals surface area (Å²) in [6.45, 7) is 0. The van der Waals surface area contributed by atoms with Crippen molar-refractivity contribution < 1.29 is 19.3 Å². The normalized spacial score (nSPS) is 20.3. The molecule has 0 amide bonds. The van der Waals surface area contributed by atoms with E-state index >= 15 is 0 Å². The third-order valence-corrected chi connectivity index (χ3v) is 3.77. The molecular weight excluding hydrogens is 268 g/mol. The lowest BCUT2D eigenvalue weighted by atomic mass is 9.94. The molecule has 0 aromatic heterocycles. The second-order valence-electron chi connectivity index (χ2n) is 5.00. The predicted octanol–water partition coefficient (Wildman–Crippen LogP) is 3.26. The van der Waals surface area contributed by atoms with E-state index in [1.807, 2.05) is 42.5 Å². The van der Waals surface area contributed by atoms with Crippen molar-refractivity contribution in [3.8, 4) is 17.2 Å². The quantitative estimate of drug-likeness (QED) is 0.941. The molecule has 110 valence electrons. The second kappa shape index (κ2) is 5.66. The van der Waals surface area contributed by atoms with Crippen molar-refractivity contribution in [1.82, 2.24) is 0 Å². The van der Waals surface area contributed by atoms with E-state index in [2.05, 4.69) is 0 Å². The maximum Gasteiger partial charge on any atom is 0.130 e. The Kier molecular flexibility index (Phi) is 3.71. The first-order valence-electron chi connectivity index (χ1n) is 6.88. The maximum atomic E-state index is 10.3. The number of aliphatic hydroxyl groups is 1. The van der Waals surface area contributed by atoms with Crippen molar-refractivity contribution in [2.24, 2.45) is 0 Å². The highest BCUT2D eigenvalue weighted by Crippen LogP contribution is 2.43. The van der Waals surface area contributed by atoms with Crippen LogP contribution in [-0.4, -0.2) is 19.3 Å². The van der Waals surface area contributed by atoms with Gasteiger partial charge in [-0.05, 0) is 24.3 Å². The van der Waals surface area contributed by atoms with Gasteiger partial charge in [0.2, 0.25) is 0 Å². The van der Waals surface area contributed by atoms with Crippen molar-refractivity contribution >= 4 is 0 Å². The van der Waals surface area contributed by atoms with Crippen LogP contribution in [0.25, 0.3) is 0 Å². The lowest BCUT2D eigenvalue weighted by Crippen LogP contribution is -2.19. The van der Waals surface area contributed by atoms with Gasteiger partial charge in [0, 0.05) is 17.5 Å². The number of methoxy groups -OCH3 is 2. The van der Waals surface area contributed by atoms with Crippen LogP contribution in [0.1, 0.15) is 29.8 Å². The summed E-state index contributed by atoms with van der Waals surface area (Å²) < 4.78 is 16.7. The number of ether oxygens (including phenoxy) is 3. The largest absolute Gasteiger partial charge is 0.497 e. The van der Waals surface area contributed by atoms with E-state index in [1.54, 1.807) is 14.2 Å². The van der Waals surface area contributed by atoms with Crippen molar-refractivity contribution in [3.63, 3.8) is 0 Å². The average molecular weight is 286 g/mol. The summed E-state index contributed by atoms with van der Waals surface area (Å²) in [6, 6.07) is 13.1. The average Bonchev–Trinajstić information content (AvgIpc) is 2.54. The first kappa shape index (κ1) is 13.8. The Bertz CT molecular complexity index is 638. The van der Waals surface area contributed by atoms with Gasteiger partial charge in [0.1, 0.15) is 23.4 Å². The third-order valence-electron chi connectivity index (χ3n) is 3.77. The van der Waals surface area contributed by atoms with E-state index < -0.39 is 6.10 Å². The highest BCUT2D eigenvalue weighted by molar-refractivity contribution is 5.44. The van der Waals surface area contributed by atoms with Crippen molar-refractivity contribution in [2.75, 3.05) is 14.2 Å². The molecule has 0 fully saturated rings. The maximum absolute atomic E-state index is 10.3. The summed E-state index contributed by atoms with van der Waals surface area (Å²) in [6.07, 6.45) is -0.323. The number of benzene rings is 2. The summed E-state index contributed by atoms with van der Waals surface area (Å²) in [5, 5.41) is 10.3. The standard InChI is InChI=1S/C17H18O4/c1-19-11-7-8-15(20-2)13(9-11)17-10-14(18)12-5-3-4-6-16(12)21-17/h3-9,14,17-18H,10H2,1-2H3/t14-,17?/m1/s1. The number of hydrogen-bond acceptors (Lipinski definition) is 4. The minimum absolute atomic E-state index is 0.264. The second-order valence-corrected chi connectivity index (χ2v) is 5.00. The van der Waals surface area contributed by atoms with Gasteiger partial charge in [-0.2, -0.15) is 0 Å². The highest BCUT2D eigenvalue weighted by atomic mass is 16.5. The molecule has 4 nitrogen and oxygen atoms in total. The molecule has 4 heteroatoms. The first-order chi connectivity index (χ1) is 10.2. The van der Waals surface area contributed by atoms with E-state index in [1.165, 1.54) is 0 Å². The molecule has 3 rings (SSSR count). The summed E-state index contributed by atoms with van der Waals surface area (Å²) in [5.41, 5.74) is 1.71. The van der Waals surface area contributed by atoms with Crippen LogP contribution in [0.2, 0.25) is 0 Å². The molecular formula is C17H18O4. The molecule has 0 spiro atoms. The summed E-state index contributed by atoms with van der Waals surface area (Å²) >= 11 is 0. The van der Waals surface area contributed by atoms with E-state index in [4.69, 9.17) is 14.2 Å². The van der Waals surface area contributed by atoms with Crippen molar-refractivity contribution in [1.29, 1.82) is 0 Å². The fourth-order valence-electron chi connectivity index (χ4n) is 2.68. The van der Waals surface area contributed by atoms with Gasteiger partial charge in [-0.25, -0.2) is 0 Å². The van der Waals surface area contributed by atoms with E-state index in [-0.39, 0.29) is 6.10 Å². The zero-order valence-electron chi connectivity index (χ0n) is 12.1. The Labute approximate surface area is 123 Å². The molecule has 1 aliphatic heterocycles. The molecule has 0 aliphatic carbocycles. The van der Waals surface area contributed by atoms with Crippen LogP contribution in [0.15, 0.2) is 42.5 Å².